The van der Waals surface area contributed by atoms with Crippen LogP contribution in [-0.4, -0.2) is 33.6 Å². The van der Waals surface area contributed by atoms with Gasteiger partial charge in [0.05, 0.1) is 23.7 Å². The molecule has 3 rings (SSSR count). The third kappa shape index (κ3) is 4.97. The van der Waals surface area contributed by atoms with Crippen LogP contribution in [0.3, 0.4) is 0 Å². The predicted molar refractivity (Wildman–Crippen MR) is 119 cm³/mol. The lowest BCUT2D eigenvalue weighted by Gasteiger charge is -2.20. The van der Waals surface area contributed by atoms with E-state index in [2.05, 4.69) is 5.32 Å². The Morgan fingerprint density at radius 3 is 2.35 bits per heavy atom. The lowest BCUT2D eigenvalue weighted by Crippen LogP contribution is -2.28. The number of anilines is 1. The van der Waals surface area contributed by atoms with Crippen LogP contribution >= 0.6 is 0 Å². The van der Waals surface area contributed by atoms with E-state index in [9.17, 15) is 18.3 Å². The Balaban J connectivity index is 1.81. The molecule has 1 atom stereocenters. The number of nitrogens with zero attached hydrogens (tertiary/aromatic N) is 1. The Bertz CT molecular complexity index is 1180. The number of amides is 1. The number of hydrogen-bond donors (Lipinski definition) is 2. The minimum atomic E-state index is -3.87. The van der Waals surface area contributed by atoms with Gasteiger partial charge in [-0.25, -0.2) is 8.42 Å². The second-order valence-electron chi connectivity index (χ2n) is 6.99. The standard InChI is InChI=1S/C23H24N2O5S/c1-16(17-6-4-8-20(26)14-17)24-23(27)18-7-5-9-22(15-18)31(28,29)25(2)19-10-12-21(30-3)13-11-19/h4-16,26H,1-3H3,(H,24,27). The molecule has 0 saturated carbocycles. The smallest absolute Gasteiger partial charge is 0.264 e. The second-order valence-corrected chi connectivity index (χ2v) is 8.96. The first-order chi connectivity index (χ1) is 14.7. The monoisotopic (exact) mass is 440 g/mol. The summed E-state index contributed by atoms with van der Waals surface area (Å²) in [5, 5.41) is 12.4. The van der Waals surface area contributed by atoms with E-state index in [0.29, 0.717) is 11.4 Å². The summed E-state index contributed by atoms with van der Waals surface area (Å²) in [7, 11) is -0.887. The van der Waals surface area contributed by atoms with Crippen molar-refractivity contribution in [3.8, 4) is 11.5 Å². The summed E-state index contributed by atoms with van der Waals surface area (Å²) in [4.78, 5) is 12.7. The average molecular weight is 441 g/mol. The molecule has 0 aliphatic rings. The molecule has 0 radical (unpaired) electrons. The maximum absolute atomic E-state index is 13.1. The first kappa shape index (κ1) is 22.2. The minimum Gasteiger partial charge on any atom is -0.508 e. The summed E-state index contributed by atoms with van der Waals surface area (Å²) in [6.07, 6.45) is 0. The van der Waals surface area contributed by atoms with Crippen LogP contribution in [0.25, 0.3) is 0 Å². The van der Waals surface area contributed by atoms with E-state index >= 15 is 0 Å². The Morgan fingerprint density at radius 2 is 1.71 bits per heavy atom. The first-order valence-corrected chi connectivity index (χ1v) is 11.0. The van der Waals surface area contributed by atoms with Crippen molar-refractivity contribution in [2.75, 3.05) is 18.5 Å². The van der Waals surface area contributed by atoms with E-state index in [1.807, 2.05) is 0 Å². The molecular weight excluding hydrogens is 416 g/mol. The molecular formula is C23H24N2O5S. The van der Waals surface area contributed by atoms with Gasteiger partial charge >= 0.3 is 0 Å². The van der Waals surface area contributed by atoms with Gasteiger partial charge in [0.2, 0.25) is 0 Å². The van der Waals surface area contributed by atoms with Crippen LogP contribution < -0.4 is 14.4 Å². The maximum atomic E-state index is 13.1. The van der Waals surface area contributed by atoms with Crippen molar-refractivity contribution in [1.29, 1.82) is 0 Å². The summed E-state index contributed by atoms with van der Waals surface area (Å²) in [6.45, 7) is 1.78. The Kier molecular flexibility index (Phi) is 6.50. The van der Waals surface area contributed by atoms with Crippen LogP contribution in [0, 0.1) is 0 Å². The number of hydrogen-bond acceptors (Lipinski definition) is 5. The summed E-state index contributed by atoms with van der Waals surface area (Å²) in [6, 6.07) is 18.7. The van der Waals surface area contributed by atoms with Gasteiger partial charge in [0.15, 0.2) is 0 Å². The summed E-state index contributed by atoms with van der Waals surface area (Å²) < 4.78 is 32.4. The molecule has 31 heavy (non-hydrogen) atoms. The molecule has 1 unspecified atom stereocenters. The van der Waals surface area contributed by atoms with Gasteiger partial charge in [-0.1, -0.05) is 18.2 Å². The van der Waals surface area contributed by atoms with E-state index in [-0.39, 0.29) is 22.3 Å². The Morgan fingerprint density at radius 1 is 1.03 bits per heavy atom. The topological polar surface area (TPSA) is 95.9 Å². The highest BCUT2D eigenvalue weighted by atomic mass is 32.2. The van der Waals surface area contributed by atoms with Crippen molar-refractivity contribution >= 4 is 21.6 Å². The summed E-state index contributed by atoms with van der Waals surface area (Å²) >= 11 is 0. The third-order valence-electron chi connectivity index (χ3n) is 4.91. The number of benzene rings is 3. The number of sulfonamides is 1. The van der Waals surface area contributed by atoms with Crippen LogP contribution in [0.15, 0.2) is 77.7 Å². The predicted octanol–water partition coefficient (Wildman–Crippen LogP) is 3.72. The SMILES string of the molecule is COc1ccc(N(C)S(=O)(=O)c2cccc(C(=O)NC(C)c3cccc(O)c3)c2)cc1. The van der Waals surface area contributed by atoms with Crippen molar-refractivity contribution in [1.82, 2.24) is 5.32 Å². The van der Waals surface area contributed by atoms with Gasteiger partial charge in [-0.2, -0.15) is 0 Å². The molecule has 7 nitrogen and oxygen atoms in total. The number of nitrogens with one attached hydrogen (secondary N) is 1. The molecule has 3 aromatic carbocycles. The molecule has 162 valence electrons. The van der Waals surface area contributed by atoms with Gasteiger partial charge < -0.3 is 15.2 Å². The van der Waals surface area contributed by atoms with Crippen molar-refractivity contribution < 1.29 is 23.1 Å². The first-order valence-electron chi connectivity index (χ1n) is 9.55. The van der Waals surface area contributed by atoms with E-state index in [4.69, 9.17) is 4.74 Å². The molecule has 0 aliphatic heterocycles. The molecule has 3 aromatic rings. The second kappa shape index (κ2) is 9.09. The fraction of sp³-hybridized carbons (Fsp3) is 0.174. The quantitative estimate of drug-likeness (QED) is 0.584. The minimum absolute atomic E-state index is 0.00322. The Hall–Kier alpha value is -3.52. The molecule has 0 fully saturated rings. The number of phenolic OH excluding ortho intramolecular Hbond substituents is 1. The van der Waals surface area contributed by atoms with Crippen LogP contribution in [0.1, 0.15) is 28.9 Å². The van der Waals surface area contributed by atoms with Crippen molar-refractivity contribution in [3.05, 3.63) is 83.9 Å². The zero-order valence-electron chi connectivity index (χ0n) is 17.4. The fourth-order valence-electron chi connectivity index (χ4n) is 3.04. The number of rotatable bonds is 7. The molecule has 0 aliphatic carbocycles. The zero-order chi connectivity index (χ0) is 22.6. The van der Waals surface area contributed by atoms with E-state index in [1.54, 1.807) is 61.5 Å². The van der Waals surface area contributed by atoms with Gasteiger partial charge in [0.25, 0.3) is 15.9 Å². The number of carbonyl (C=O) groups excluding carboxylic acids is 1. The maximum Gasteiger partial charge on any atom is 0.264 e. The van der Waals surface area contributed by atoms with Gasteiger partial charge in [-0.3, -0.25) is 9.10 Å². The van der Waals surface area contributed by atoms with Crippen molar-refractivity contribution in [3.63, 3.8) is 0 Å². The summed E-state index contributed by atoms with van der Waals surface area (Å²) in [5.74, 6) is 0.308. The number of aromatic hydroxyl groups is 1. The van der Waals surface area contributed by atoms with Crippen molar-refractivity contribution in [2.24, 2.45) is 0 Å². The molecule has 0 aromatic heterocycles. The van der Waals surface area contributed by atoms with E-state index in [1.165, 1.54) is 32.4 Å². The van der Waals surface area contributed by atoms with Gasteiger partial charge in [0.1, 0.15) is 11.5 Å². The van der Waals surface area contributed by atoms with Crippen molar-refractivity contribution in [2.45, 2.75) is 17.9 Å². The molecule has 1 amide bonds. The number of ether oxygens (including phenoxy) is 1. The van der Waals surface area contributed by atoms with Crippen LogP contribution in [0.4, 0.5) is 5.69 Å². The van der Waals surface area contributed by atoms with Gasteiger partial charge in [0, 0.05) is 12.6 Å². The molecule has 0 saturated heterocycles. The third-order valence-corrected chi connectivity index (χ3v) is 6.69. The lowest BCUT2D eigenvalue weighted by atomic mass is 10.1. The number of carbonyl (C=O) groups is 1. The number of phenols is 1. The van der Waals surface area contributed by atoms with E-state index < -0.39 is 15.9 Å². The molecule has 0 heterocycles. The molecule has 0 bridgehead atoms. The highest BCUT2D eigenvalue weighted by Gasteiger charge is 2.23. The molecule has 0 spiro atoms. The van der Waals surface area contributed by atoms with Gasteiger partial charge in [-0.05, 0) is 67.1 Å². The van der Waals surface area contributed by atoms with E-state index in [0.717, 1.165) is 9.87 Å². The molecule has 8 heteroatoms. The number of methoxy groups -OCH3 is 1. The van der Waals surface area contributed by atoms with Gasteiger partial charge in [-0.15, -0.1) is 0 Å². The normalized spacial score (nSPS) is 12.1. The average Bonchev–Trinajstić information content (AvgIpc) is 2.78. The Labute approximate surface area is 182 Å². The zero-order valence-corrected chi connectivity index (χ0v) is 18.3. The lowest BCUT2D eigenvalue weighted by molar-refractivity contribution is 0.0939. The van der Waals surface area contributed by atoms with Crippen LogP contribution in [0.2, 0.25) is 0 Å². The highest BCUT2D eigenvalue weighted by Crippen LogP contribution is 2.25. The summed E-state index contributed by atoms with van der Waals surface area (Å²) in [5.41, 5.74) is 1.42. The molecule has 2 N–H and O–H groups in total. The largest absolute Gasteiger partial charge is 0.508 e. The fourth-order valence-corrected chi connectivity index (χ4v) is 4.29. The highest BCUT2D eigenvalue weighted by molar-refractivity contribution is 7.92. The van der Waals surface area contributed by atoms with Crippen LogP contribution in [-0.2, 0) is 10.0 Å². The van der Waals surface area contributed by atoms with Crippen LogP contribution in [0.5, 0.6) is 11.5 Å².